The van der Waals surface area contributed by atoms with E-state index in [0.717, 1.165) is 6.07 Å². The van der Waals surface area contributed by atoms with Gasteiger partial charge in [-0.15, -0.1) is 0 Å². The largest absolute Gasteiger partial charge is 0.465 e. The number of ether oxygens (including phenoxy) is 1. The number of nitrogens with zero attached hydrogens (tertiary/aromatic N) is 1. The maximum Gasteiger partial charge on any atom is 0.339 e. The van der Waals surface area contributed by atoms with E-state index in [2.05, 4.69) is 9.72 Å². The number of hydrogen-bond acceptors (Lipinski definition) is 5. The van der Waals surface area contributed by atoms with E-state index in [9.17, 15) is 17.6 Å². The van der Waals surface area contributed by atoms with E-state index >= 15 is 0 Å². The van der Waals surface area contributed by atoms with Crippen molar-refractivity contribution in [1.82, 2.24) is 4.98 Å². The molecule has 0 saturated heterocycles. The number of hydrogen-bond donors (Lipinski definition) is 0. The summed E-state index contributed by atoms with van der Waals surface area (Å²) in [6, 6.07) is 7.62. The average molecular weight is 309 g/mol. The quantitative estimate of drug-likeness (QED) is 0.807. The smallest absolute Gasteiger partial charge is 0.339 e. The second-order valence-electron chi connectivity index (χ2n) is 4.25. The monoisotopic (exact) mass is 309 g/mol. The summed E-state index contributed by atoms with van der Waals surface area (Å²) < 4.78 is 41.9. The van der Waals surface area contributed by atoms with Crippen molar-refractivity contribution in [3.63, 3.8) is 0 Å². The predicted octanol–water partition coefficient (Wildman–Crippen LogP) is 1.98. The molecule has 1 aromatic heterocycles. The van der Waals surface area contributed by atoms with Crippen LogP contribution in [0.1, 0.15) is 16.1 Å². The minimum absolute atomic E-state index is 0.110. The Kier molecular flexibility index (Phi) is 4.32. The SMILES string of the molecule is COC(=O)c1ccc(CS(=O)(=O)c2cccc(F)c2)nc1. The van der Waals surface area contributed by atoms with E-state index in [1.807, 2.05) is 0 Å². The summed E-state index contributed by atoms with van der Waals surface area (Å²) in [6.45, 7) is 0. The number of methoxy groups -OCH3 is 1. The Morgan fingerprint density at radius 2 is 2.05 bits per heavy atom. The topological polar surface area (TPSA) is 73.3 Å². The number of sulfone groups is 1. The summed E-state index contributed by atoms with van der Waals surface area (Å²) in [7, 11) is -2.45. The molecule has 2 aromatic rings. The van der Waals surface area contributed by atoms with Gasteiger partial charge in [0.2, 0.25) is 0 Å². The predicted molar refractivity (Wildman–Crippen MR) is 72.9 cm³/mol. The third-order valence-electron chi connectivity index (χ3n) is 2.74. The van der Waals surface area contributed by atoms with Crippen LogP contribution in [0.2, 0.25) is 0 Å². The maximum atomic E-state index is 13.1. The van der Waals surface area contributed by atoms with Gasteiger partial charge in [0, 0.05) is 6.20 Å². The van der Waals surface area contributed by atoms with Gasteiger partial charge in [0.15, 0.2) is 9.84 Å². The Bertz CT molecular complexity index is 757. The van der Waals surface area contributed by atoms with Crippen molar-refractivity contribution in [2.24, 2.45) is 0 Å². The molecule has 0 aliphatic heterocycles. The molecule has 0 spiro atoms. The van der Waals surface area contributed by atoms with E-state index in [0.29, 0.717) is 0 Å². The van der Waals surface area contributed by atoms with Gasteiger partial charge in [-0.2, -0.15) is 0 Å². The highest BCUT2D eigenvalue weighted by Gasteiger charge is 2.17. The molecule has 21 heavy (non-hydrogen) atoms. The summed E-state index contributed by atoms with van der Waals surface area (Å²) in [4.78, 5) is 15.0. The number of halogens is 1. The van der Waals surface area contributed by atoms with Crippen LogP contribution >= 0.6 is 0 Å². The van der Waals surface area contributed by atoms with Gasteiger partial charge in [-0.05, 0) is 30.3 Å². The Balaban J connectivity index is 2.23. The van der Waals surface area contributed by atoms with Crippen molar-refractivity contribution in [1.29, 1.82) is 0 Å². The Morgan fingerprint density at radius 3 is 2.62 bits per heavy atom. The van der Waals surface area contributed by atoms with Crippen LogP contribution in [0.3, 0.4) is 0 Å². The summed E-state index contributed by atoms with van der Waals surface area (Å²) in [5, 5.41) is 0. The first-order valence-corrected chi connectivity index (χ1v) is 7.59. The fraction of sp³-hybridized carbons (Fsp3) is 0.143. The van der Waals surface area contributed by atoms with Crippen molar-refractivity contribution >= 4 is 15.8 Å². The van der Waals surface area contributed by atoms with Gasteiger partial charge in [-0.1, -0.05) is 6.07 Å². The summed E-state index contributed by atoms with van der Waals surface area (Å²) in [6.07, 6.45) is 1.24. The zero-order valence-corrected chi connectivity index (χ0v) is 11.9. The molecule has 0 unspecified atom stereocenters. The lowest BCUT2D eigenvalue weighted by molar-refractivity contribution is 0.0600. The molecule has 1 aromatic carbocycles. The average Bonchev–Trinajstić information content (AvgIpc) is 2.47. The standard InChI is InChI=1S/C14H12FNO4S/c1-20-14(17)10-5-6-12(16-8-10)9-21(18,19)13-4-2-3-11(15)7-13/h2-8H,9H2,1H3. The highest BCUT2D eigenvalue weighted by atomic mass is 32.2. The second-order valence-corrected chi connectivity index (χ2v) is 6.24. The Labute approximate surface area is 121 Å². The lowest BCUT2D eigenvalue weighted by Gasteiger charge is -2.05. The molecule has 2 rings (SSSR count). The molecule has 5 nitrogen and oxygen atoms in total. The number of rotatable bonds is 4. The van der Waals surface area contributed by atoms with E-state index in [1.165, 1.54) is 43.6 Å². The van der Waals surface area contributed by atoms with Crippen LogP contribution in [-0.4, -0.2) is 26.5 Å². The molecule has 0 amide bonds. The molecule has 0 saturated carbocycles. The number of benzene rings is 1. The zero-order chi connectivity index (χ0) is 15.5. The molecule has 0 N–H and O–H groups in total. The second kappa shape index (κ2) is 6.01. The van der Waals surface area contributed by atoms with Crippen LogP contribution in [0, 0.1) is 5.82 Å². The number of pyridine rings is 1. The molecule has 110 valence electrons. The van der Waals surface area contributed by atoms with E-state index in [1.54, 1.807) is 0 Å². The molecule has 0 aliphatic rings. The van der Waals surface area contributed by atoms with Crippen LogP contribution in [0.4, 0.5) is 4.39 Å². The van der Waals surface area contributed by atoms with Crippen molar-refractivity contribution in [3.8, 4) is 0 Å². The van der Waals surface area contributed by atoms with Gasteiger partial charge >= 0.3 is 5.97 Å². The normalized spacial score (nSPS) is 11.1. The third kappa shape index (κ3) is 3.63. The Hall–Kier alpha value is -2.28. The van der Waals surface area contributed by atoms with Gasteiger partial charge < -0.3 is 4.74 Å². The lowest BCUT2D eigenvalue weighted by Crippen LogP contribution is -2.08. The van der Waals surface area contributed by atoms with E-state index in [4.69, 9.17) is 0 Å². The summed E-state index contributed by atoms with van der Waals surface area (Å²) in [5.74, 6) is -1.55. The first-order valence-electron chi connectivity index (χ1n) is 5.94. The first kappa shape index (κ1) is 15.1. The number of esters is 1. The highest BCUT2D eigenvalue weighted by Crippen LogP contribution is 2.16. The Morgan fingerprint density at radius 1 is 1.29 bits per heavy atom. The van der Waals surface area contributed by atoms with Gasteiger partial charge in [0.25, 0.3) is 0 Å². The molecule has 0 bridgehead atoms. The van der Waals surface area contributed by atoms with Crippen LogP contribution in [-0.2, 0) is 20.3 Å². The molecule has 0 radical (unpaired) electrons. The van der Waals surface area contributed by atoms with Crippen LogP contribution in [0.15, 0.2) is 47.5 Å². The fourth-order valence-electron chi connectivity index (χ4n) is 1.69. The maximum absolute atomic E-state index is 13.1. The summed E-state index contributed by atoms with van der Waals surface area (Å²) in [5.41, 5.74) is 0.483. The van der Waals surface area contributed by atoms with Gasteiger partial charge in [0.05, 0.1) is 29.0 Å². The third-order valence-corrected chi connectivity index (χ3v) is 4.39. The number of aromatic nitrogens is 1. The fourth-order valence-corrected chi connectivity index (χ4v) is 2.99. The molecule has 0 fully saturated rings. The van der Waals surface area contributed by atoms with Crippen molar-refractivity contribution in [2.45, 2.75) is 10.6 Å². The summed E-state index contributed by atoms with van der Waals surface area (Å²) >= 11 is 0. The minimum atomic E-state index is -3.69. The molecule has 7 heteroatoms. The van der Waals surface area contributed by atoms with Crippen molar-refractivity contribution in [2.75, 3.05) is 7.11 Å². The molecule has 0 atom stereocenters. The lowest BCUT2D eigenvalue weighted by atomic mass is 10.2. The van der Waals surface area contributed by atoms with Gasteiger partial charge in [-0.3, -0.25) is 4.98 Å². The van der Waals surface area contributed by atoms with Crippen molar-refractivity contribution < 1.29 is 22.3 Å². The number of carbonyl (C=O) groups excluding carboxylic acids is 1. The van der Waals surface area contributed by atoms with Gasteiger partial charge in [-0.25, -0.2) is 17.6 Å². The van der Waals surface area contributed by atoms with Gasteiger partial charge in [0.1, 0.15) is 5.82 Å². The van der Waals surface area contributed by atoms with E-state index in [-0.39, 0.29) is 21.9 Å². The highest BCUT2D eigenvalue weighted by molar-refractivity contribution is 7.90. The van der Waals surface area contributed by atoms with E-state index < -0.39 is 21.6 Å². The molecule has 1 heterocycles. The van der Waals surface area contributed by atoms with Crippen LogP contribution in [0.25, 0.3) is 0 Å². The zero-order valence-electron chi connectivity index (χ0n) is 11.1. The molecule has 0 aliphatic carbocycles. The first-order chi connectivity index (χ1) is 9.92. The van der Waals surface area contributed by atoms with Crippen molar-refractivity contribution in [3.05, 3.63) is 59.7 Å². The minimum Gasteiger partial charge on any atom is -0.465 e. The molecular formula is C14H12FNO4S. The van der Waals surface area contributed by atoms with Crippen LogP contribution < -0.4 is 0 Å². The van der Waals surface area contributed by atoms with Crippen LogP contribution in [0.5, 0.6) is 0 Å². The number of carbonyl (C=O) groups is 1. The molecular weight excluding hydrogens is 297 g/mol.